The number of pyridine rings is 1. The molecule has 4 aromatic rings. The molecule has 30 heavy (non-hydrogen) atoms. The molecule has 2 aromatic carbocycles. The average molecular weight is 421 g/mol. The predicted octanol–water partition coefficient (Wildman–Crippen LogP) is 4.47. The number of para-hydroxylation sites is 1. The van der Waals surface area contributed by atoms with Crippen LogP contribution in [0.15, 0.2) is 48.5 Å². The van der Waals surface area contributed by atoms with Crippen molar-refractivity contribution in [2.75, 3.05) is 24.8 Å². The maximum absolute atomic E-state index is 12.9. The Morgan fingerprint density at radius 3 is 2.73 bits per heavy atom. The van der Waals surface area contributed by atoms with Crippen LogP contribution in [0.25, 0.3) is 21.1 Å². The third kappa shape index (κ3) is 3.53. The van der Waals surface area contributed by atoms with Gasteiger partial charge >= 0.3 is 5.97 Å². The van der Waals surface area contributed by atoms with Gasteiger partial charge in [-0.25, -0.2) is 9.78 Å². The second kappa shape index (κ2) is 8.00. The average Bonchev–Trinajstić information content (AvgIpc) is 3.08. The lowest BCUT2D eigenvalue weighted by atomic mass is 10.1. The van der Waals surface area contributed by atoms with Gasteiger partial charge in [-0.3, -0.25) is 4.79 Å². The molecule has 0 aliphatic heterocycles. The highest BCUT2D eigenvalue weighted by Crippen LogP contribution is 2.36. The van der Waals surface area contributed by atoms with Crippen molar-refractivity contribution in [1.82, 2.24) is 4.98 Å². The van der Waals surface area contributed by atoms with Crippen LogP contribution < -0.4 is 15.8 Å². The molecule has 7 nitrogen and oxygen atoms in total. The second-order valence-corrected chi connectivity index (χ2v) is 7.46. The Morgan fingerprint density at radius 1 is 1.17 bits per heavy atom. The fraction of sp³-hybridized carbons (Fsp3) is 0.136. The smallest absolute Gasteiger partial charge is 0.339 e. The van der Waals surface area contributed by atoms with Gasteiger partial charge in [0.15, 0.2) is 0 Å². The minimum absolute atomic E-state index is 0.264. The molecule has 2 heterocycles. The normalized spacial score (nSPS) is 10.9. The predicted molar refractivity (Wildman–Crippen MR) is 118 cm³/mol. The van der Waals surface area contributed by atoms with E-state index in [1.807, 2.05) is 31.2 Å². The lowest BCUT2D eigenvalue weighted by molar-refractivity contribution is 0.0602. The van der Waals surface area contributed by atoms with E-state index in [0.717, 1.165) is 16.7 Å². The molecule has 0 fully saturated rings. The van der Waals surface area contributed by atoms with Gasteiger partial charge in [-0.05, 0) is 43.3 Å². The van der Waals surface area contributed by atoms with Gasteiger partial charge in [-0.15, -0.1) is 11.3 Å². The second-order valence-electron chi connectivity index (χ2n) is 6.46. The molecule has 0 saturated heterocycles. The standard InChI is InChI=1S/C22H19N3O4S/c1-3-29-13-8-9-16-12(10-13)11-15-18(23)19(30-21(15)25-16)20(26)24-17-7-5-4-6-14(17)22(27)28-2/h4-11H,3,23H2,1-2H3,(H,24,26). The third-order valence-corrected chi connectivity index (χ3v) is 5.70. The Bertz CT molecular complexity index is 1280. The van der Waals surface area contributed by atoms with E-state index in [0.29, 0.717) is 33.1 Å². The molecule has 0 bridgehead atoms. The lowest BCUT2D eigenvalue weighted by Crippen LogP contribution is -2.15. The molecule has 0 spiro atoms. The van der Waals surface area contributed by atoms with E-state index >= 15 is 0 Å². The van der Waals surface area contributed by atoms with Crippen molar-refractivity contribution in [3.8, 4) is 5.75 Å². The van der Waals surface area contributed by atoms with E-state index in [1.54, 1.807) is 24.3 Å². The van der Waals surface area contributed by atoms with Crippen LogP contribution in [0.3, 0.4) is 0 Å². The Kier molecular flexibility index (Phi) is 5.24. The first-order valence-electron chi connectivity index (χ1n) is 9.26. The van der Waals surface area contributed by atoms with E-state index in [2.05, 4.69) is 10.3 Å². The molecule has 3 N–H and O–H groups in total. The number of nitrogens with one attached hydrogen (secondary N) is 1. The zero-order chi connectivity index (χ0) is 21.3. The molecule has 0 aliphatic carbocycles. The van der Waals surface area contributed by atoms with Gasteiger partial charge in [-0.2, -0.15) is 0 Å². The number of esters is 1. The van der Waals surface area contributed by atoms with Gasteiger partial charge < -0.3 is 20.5 Å². The van der Waals surface area contributed by atoms with Crippen LogP contribution in [-0.4, -0.2) is 30.6 Å². The first kappa shape index (κ1) is 19.7. The number of hydrogen-bond donors (Lipinski definition) is 2. The van der Waals surface area contributed by atoms with Crippen molar-refractivity contribution >= 4 is 55.7 Å². The molecule has 0 saturated carbocycles. The quantitative estimate of drug-likeness (QED) is 0.461. The summed E-state index contributed by atoms with van der Waals surface area (Å²) in [6, 6.07) is 14.2. The molecular weight excluding hydrogens is 402 g/mol. The van der Waals surface area contributed by atoms with E-state index in [-0.39, 0.29) is 5.56 Å². The molecule has 4 rings (SSSR count). The van der Waals surface area contributed by atoms with Crippen LogP contribution in [0.5, 0.6) is 5.75 Å². The summed E-state index contributed by atoms with van der Waals surface area (Å²) < 4.78 is 10.3. The van der Waals surface area contributed by atoms with E-state index in [4.69, 9.17) is 15.2 Å². The molecule has 0 radical (unpaired) electrons. The number of benzene rings is 2. The van der Waals surface area contributed by atoms with E-state index < -0.39 is 11.9 Å². The summed E-state index contributed by atoms with van der Waals surface area (Å²) >= 11 is 1.20. The number of thiophene rings is 1. The molecule has 0 unspecified atom stereocenters. The van der Waals surface area contributed by atoms with Crippen LogP contribution >= 0.6 is 11.3 Å². The molecule has 152 valence electrons. The number of fused-ring (bicyclic) bond motifs is 2. The summed E-state index contributed by atoms with van der Waals surface area (Å²) in [4.78, 5) is 30.5. The van der Waals surface area contributed by atoms with Gasteiger partial charge in [0, 0.05) is 10.8 Å². The fourth-order valence-corrected chi connectivity index (χ4v) is 4.15. The van der Waals surface area contributed by atoms with Gasteiger partial charge in [0.25, 0.3) is 5.91 Å². The Balaban J connectivity index is 1.72. The number of nitrogen functional groups attached to an aromatic ring is 1. The zero-order valence-corrected chi connectivity index (χ0v) is 17.2. The van der Waals surface area contributed by atoms with Crippen LogP contribution in [0.2, 0.25) is 0 Å². The largest absolute Gasteiger partial charge is 0.494 e. The Hall–Kier alpha value is -3.65. The number of methoxy groups -OCH3 is 1. The maximum Gasteiger partial charge on any atom is 0.339 e. The minimum Gasteiger partial charge on any atom is -0.494 e. The number of carbonyl (C=O) groups excluding carboxylic acids is 2. The monoisotopic (exact) mass is 421 g/mol. The van der Waals surface area contributed by atoms with Crippen molar-refractivity contribution in [2.45, 2.75) is 6.92 Å². The number of nitrogens with zero attached hydrogens (tertiary/aromatic N) is 1. The van der Waals surface area contributed by atoms with Crippen LogP contribution in [0, 0.1) is 0 Å². The summed E-state index contributed by atoms with van der Waals surface area (Å²) in [5, 5.41) is 4.33. The molecule has 1 amide bonds. The number of anilines is 2. The van der Waals surface area contributed by atoms with Gasteiger partial charge in [0.2, 0.25) is 0 Å². The molecule has 8 heteroatoms. The van der Waals surface area contributed by atoms with Crippen molar-refractivity contribution in [3.05, 3.63) is 59.0 Å². The first-order valence-corrected chi connectivity index (χ1v) is 10.1. The van der Waals surface area contributed by atoms with Crippen LogP contribution in [-0.2, 0) is 4.74 Å². The topological polar surface area (TPSA) is 104 Å². The third-order valence-electron chi connectivity index (χ3n) is 4.58. The highest BCUT2D eigenvalue weighted by Gasteiger charge is 2.20. The molecule has 0 atom stereocenters. The van der Waals surface area contributed by atoms with Crippen LogP contribution in [0.4, 0.5) is 11.4 Å². The molecule has 0 aliphatic rings. The number of rotatable bonds is 5. The van der Waals surface area contributed by atoms with E-state index in [1.165, 1.54) is 18.4 Å². The lowest BCUT2D eigenvalue weighted by Gasteiger charge is -2.09. The zero-order valence-electron chi connectivity index (χ0n) is 16.4. The molecule has 2 aromatic heterocycles. The van der Waals surface area contributed by atoms with Gasteiger partial charge in [-0.1, -0.05) is 12.1 Å². The summed E-state index contributed by atoms with van der Waals surface area (Å²) in [6.45, 7) is 2.49. The number of nitrogens with two attached hydrogens (primary N) is 1. The fourth-order valence-electron chi connectivity index (χ4n) is 3.17. The van der Waals surface area contributed by atoms with Crippen molar-refractivity contribution in [1.29, 1.82) is 0 Å². The van der Waals surface area contributed by atoms with Crippen molar-refractivity contribution in [3.63, 3.8) is 0 Å². The number of hydrogen-bond acceptors (Lipinski definition) is 7. The van der Waals surface area contributed by atoms with Gasteiger partial charge in [0.1, 0.15) is 15.5 Å². The van der Waals surface area contributed by atoms with E-state index in [9.17, 15) is 9.59 Å². The Morgan fingerprint density at radius 2 is 1.97 bits per heavy atom. The van der Waals surface area contributed by atoms with Crippen LogP contribution in [0.1, 0.15) is 27.0 Å². The number of ether oxygens (including phenoxy) is 2. The number of amides is 1. The number of carbonyl (C=O) groups is 2. The first-order chi connectivity index (χ1) is 14.5. The SMILES string of the molecule is CCOc1ccc2nc3sc(C(=O)Nc4ccccc4C(=O)OC)c(N)c3cc2c1. The Labute approximate surface area is 176 Å². The number of aromatic nitrogens is 1. The summed E-state index contributed by atoms with van der Waals surface area (Å²) in [5.74, 6) is -0.198. The summed E-state index contributed by atoms with van der Waals surface area (Å²) in [6.07, 6.45) is 0. The van der Waals surface area contributed by atoms with Crippen molar-refractivity contribution in [2.24, 2.45) is 0 Å². The van der Waals surface area contributed by atoms with Gasteiger partial charge in [0.05, 0.1) is 36.2 Å². The maximum atomic E-state index is 12.9. The summed E-state index contributed by atoms with van der Waals surface area (Å²) in [7, 11) is 1.29. The minimum atomic E-state index is -0.534. The van der Waals surface area contributed by atoms with Crippen molar-refractivity contribution < 1.29 is 19.1 Å². The summed E-state index contributed by atoms with van der Waals surface area (Å²) in [5.41, 5.74) is 8.04. The molecular formula is C22H19N3O4S. The highest BCUT2D eigenvalue weighted by atomic mass is 32.1. The highest BCUT2D eigenvalue weighted by molar-refractivity contribution is 7.21.